The number of nitrogens with one attached hydrogen (secondary N) is 1. The molecule has 5 atom stereocenters. The number of aliphatic hydroxyl groups is 1. The summed E-state index contributed by atoms with van der Waals surface area (Å²) >= 11 is 0. The minimum absolute atomic E-state index is 0.0932. The standard InChI is InChI=1S/C14H24N2O2/c1-9(17)12-4-5-16(8-12)14(18)15-13-7-10-2-3-11(13)6-10/h9-13,17H,2-8H2,1H3,(H,15,18)/t9-,10-,11-,12+,13+/m0/s1. The summed E-state index contributed by atoms with van der Waals surface area (Å²) < 4.78 is 0. The summed E-state index contributed by atoms with van der Waals surface area (Å²) in [5, 5.41) is 12.8. The number of rotatable bonds is 2. The number of hydrogen-bond donors (Lipinski definition) is 2. The number of hydrogen-bond acceptors (Lipinski definition) is 2. The first-order chi connectivity index (χ1) is 8.63. The van der Waals surface area contributed by atoms with E-state index in [2.05, 4.69) is 5.32 Å². The summed E-state index contributed by atoms with van der Waals surface area (Å²) in [7, 11) is 0. The van der Waals surface area contributed by atoms with Gasteiger partial charge in [-0.3, -0.25) is 0 Å². The smallest absolute Gasteiger partial charge is 0.317 e. The van der Waals surface area contributed by atoms with E-state index >= 15 is 0 Å². The number of fused-ring (bicyclic) bond motifs is 2. The van der Waals surface area contributed by atoms with Crippen molar-refractivity contribution in [2.75, 3.05) is 13.1 Å². The average molecular weight is 252 g/mol. The Kier molecular flexibility index (Phi) is 3.22. The van der Waals surface area contributed by atoms with Gasteiger partial charge in [0.25, 0.3) is 0 Å². The highest BCUT2D eigenvalue weighted by molar-refractivity contribution is 5.75. The highest BCUT2D eigenvalue weighted by Crippen LogP contribution is 2.44. The fourth-order valence-corrected chi connectivity index (χ4v) is 4.04. The van der Waals surface area contributed by atoms with Crippen LogP contribution in [0.15, 0.2) is 0 Å². The van der Waals surface area contributed by atoms with Gasteiger partial charge in [0, 0.05) is 25.0 Å². The van der Waals surface area contributed by atoms with Gasteiger partial charge in [0.2, 0.25) is 0 Å². The molecule has 1 saturated heterocycles. The highest BCUT2D eigenvalue weighted by atomic mass is 16.3. The van der Waals surface area contributed by atoms with Crippen LogP contribution in [0.3, 0.4) is 0 Å². The van der Waals surface area contributed by atoms with Gasteiger partial charge >= 0.3 is 6.03 Å². The molecule has 2 amide bonds. The van der Waals surface area contributed by atoms with Crippen molar-refractivity contribution in [1.82, 2.24) is 10.2 Å². The molecule has 102 valence electrons. The molecule has 0 aromatic heterocycles. The normalized spacial score (nSPS) is 40.2. The Morgan fingerprint density at radius 3 is 2.72 bits per heavy atom. The van der Waals surface area contributed by atoms with Gasteiger partial charge in [0.05, 0.1) is 6.10 Å². The maximum atomic E-state index is 12.2. The molecule has 18 heavy (non-hydrogen) atoms. The predicted octanol–water partition coefficient (Wildman–Crippen LogP) is 1.59. The molecular weight excluding hydrogens is 228 g/mol. The summed E-state index contributed by atoms with van der Waals surface area (Å²) in [6.45, 7) is 3.33. The van der Waals surface area contributed by atoms with Gasteiger partial charge < -0.3 is 15.3 Å². The first-order valence-electron chi connectivity index (χ1n) is 7.37. The zero-order valence-electron chi connectivity index (χ0n) is 11.1. The largest absolute Gasteiger partial charge is 0.393 e. The Morgan fingerprint density at radius 1 is 1.33 bits per heavy atom. The van der Waals surface area contributed by atoms with Crippen molar-refractivity contribution < 1.29 is 9.90 Å². The van der Waals surface area contributed by atoms with Gasteiger partial charge in [-0.15, -0.1) is 0 Å². The average Bonchev–Trinajstić information content (AvgIpc) is 3.04. The molecule has 2 saturated carbocycles. The van der Waals surface area contributed by atoms with E-state index in [0.29, 0.717) is 12.6 Å². The van der Waals surface area contributed by atoms with Crippen LogP contribution in [0.5, 0.6) is 0 Å². The summed E-state index contributed by atoms with van der Waals surface area (Å²) in [5.41, 5.74) is 0. The summed E-state index contributed by atoms with van der Waals surface area (Å²) in [6.07, 6.45) is 5.80. The van der Waals surface area contributed by atoms with Crippen LogP contribution in [0, 0.1) is 17.8 Å². The summed E-state index contributed by atoms with van der Waals surface area (Å²) in [6, 6.07) is 0.512. The minimum atomic E-state index is -0.301. The molecule has 4 nitrogen and oxygen atoms in total. The molecule has 3 fully saturated rings. The van der Waals surface area contributed by atoms with E-state index in [-0.39, 0.29) is 18.1 Å². The molecule has 1 aliphatic heterocycles. The Hall–Kier alpha value is -0.770. The molecule has 0 unspecified atom stereocenters. The number of nitrogens with zero attached hydrogens (tertiary/aromatic N) is 1. The second kappa shape index (κ2) is 4.72. The lowest BCUT2D eigenvalue weighted by molar-refractivity contribution is 0.128. The van der Waals surface area contributed by atoms with Crippen LogP contribution in [0.1, 0.15) is 39.0 Å². The third-order valence-electron chi connectivity index (χ3n) is 5.24. The van der Waals surface area contributed by atoms with Crippen molar-refractivity contribution in [3.63, 3.8) is 0 Å². The molecule has 0 aromatic rings. The van der Waals surface area contributed by atoms with Crippen LogP contribution in [-0.2, 0) is 0 Å². The van der Waals surface area contributed by atoms with E-state index in [9.17, 15) is 9.90 Å². The van der Waals surface area contributed by atoms with Crippen LogP contribution < -0.4 is 5.32 Å². The first kappa shape index (κ1) is 12.3. The molecule has 3 aliphatic rings. The van der Waals surface area contributed by atoms with Gasteiger partial charge in [-0.1, -0.05) is 6.42 Å². The van der Waals surface area contributed by atoms with Crippen molar-refractivity contribution >= 4 is 6.03 Å². The van der Waals surface area contributed by atoms with Gasteiger partial charge in [0.15, 0.2) is 0 Å². The molecule has 2 N–H and O–H groups in total. The van der Waals surface area contributed by atoms with Crippen molar-refractivity contribution in [2.45, 2.75) is 51.2 Å². The predicted molar refractivity (Wildman–Crippen MR) is 69.1 cm³/mol. The second-order valence-electron chi connectivity index (χ2n) is 6.47. The molecule has 0 aromatic carbocycles. The quantitative estimate of drug-likeness (QED) is 0.784. The molecule has 0 radical (unpaired) electrons. The number of carbonyl (C=O) groups is 1. The lowest BCUT2D eigenvalue weighted by Crippen LogP contribution is -2.46. The lowest BCUT2D eigenvalue weighted by Gasteiger charge is -2.26. The number of urea groups is 1. The number of carbonyl (C=O) groups excluding carboxylic acids is 1. The molecule has 4 heteroatoms. The SMILES string of the molecule is C[C@H](O)[C@@H]1CCN(C(=O)N[C@@H]2C[C@H]3CC[C@H]2C3)C1. The van der Waals surface area contributed by atoms with Gasteiger partial charge in [-0.25, -0.2) is 4.79 Å². The van der Waals surface area contributed by atoms with Crippen LogP contribution in [0.4, 0.5) is 4.79 Å². The number of likely N-dealkylation sites (tertiary alicyclic amines) is 1. The minimum Gasteiger partial charge on any atom is -0.393 e. The van der Waals surface area contributed by atoms with Gasteiger partial charge in [-0.2, -0.15) is 0 Å². The Morgan fingerprint density at radius 2 is 2.17 bits per heavy atom. The zero-order chi connectivity index (χ0) is 12.7. The molecule has 1 heterocycles. The molecule has 3 rings (SSSR count). The second-order valence-corrected chi connectivity index (χ2v) is 6.47. The van der Waals surface area contributed by atoms with E-state index in [0.717, 1.165) is 24.8 Å². The Labute approximate surface area is 109 Å². The van der Waals surface area contributed by atoms with Crippen LogP contribution in [-0.4, -0.2) is 41.3 Å². The summed E-state index contributed by atoms with van der Waals surface area (Å²) in [4.78, 5) is 14.1. The fraction of sp³-hybridized carbons (Fsp3) is 0.929. The highest BCUT2D eigenvalue weighted by Gasteiger charge is 2.41. The maximum Gasteiger partial charge on any atom is 0.317 e. The van der Waals surface area contributed by atoms with Crippen LogP contribution in [0.2, 0.25) is 0 Å². The molecule has 2 bridgehead atoms. The number of amides is 2. The first-order valence-corrected chi connectivity index (χ1v) is 7.37. The third-order valence-corrected chi connectivity index (χ3v) is 5.24. The van der Waals surface area contributed by atoms with Crippen molar-refractivity contribution in [3.05, 3.63) is 0 Å². The van der Waals surface area contributed by atoms with Crippen molar-refractivity contribution in [1.29, 1.82) is 0 Å². The third kappa shape index (κ3) is 2.22. The van der Waals surface area contributed by atoms with Crippen LogP contribution in [0.25, 0.3) is 0 Å². The van der Waals surface area contributed by atoms with Gasteiger partial charge in [0.1, 0.15) is 0 Å². The van der Waals surface area contributed by atoms with Crippen molar-refractivity contribution in [2.24, 2.45) is 17.8 Å². The van der Waals surface area contributed by atoms with Crippen molar-refractivity contribution in [3.8, 4) is 0 Å². The van der Waals surface area contributed by atoms with E-state index in [4.69, 9.17) is 0 Å². The fourth-order valence-electron chi connectivity index (χ4n) is 4.04. The van der Waals surface area contributed by atoms with E-state index in [1.165, 1.54) is 25.7 Å². The molecule has 0 spiro atoms. The van der Waals surface area contributed by atoms with Crippen LogP contribution >= 0.6 is 0 Å². The van der Waals surface area contributed by atoms with E-state index in [1.54, 1.807) is 0 Å². The van der Waals surface area contributed by atoms with E-state index in [1.807, 2.05) is 11.8 Å². The van der Waals surface area contributed by atoms with E-state index < -0.39 is 0 Å². The lowest BCUT2D eigenvalue weighted by atomic mass is 9.95. The topological polar surface area (TPSA) is 52.6 Å². The monoisotopic (exact) mass is 252 g/mol. The maximum absolute atomic E-state index is 12.2. The molecular formula is C14H24N2O2. The molecule has 2 aliphatic carbocycles. The Balaban J connectivity index is 1.50. The number of aliphatic hydroxyl groups excluding tert-OH is 1. The van der Waals surface area contributed by atoms with Gasteiger partial charge in [-0.05, 0) is 44.4 Å². The summed E-state index contributed by atoms with van der Waals surface area (Å²) in [5.74, 6) is 1.86. The zero-order valence-corrected chi connectivity index (χ0v) is 11.1. The Bertz CT molecular complexity index is 332.